The molecule has 0 amide bonds. The Balaban J connectivity index is 2.45. The van der Waals surface area contributed by atoms with Crippen molar-refractivity contribution in [3.05, 3.63) is 0 Å². The van der Waals surface area contributed by atoms with E-state index in [9.17, 15) is 4.79 Å². The topological polar surface area (TPSA) is 42.9 Å². The van der Waals surface area contributed by atoms with Crippen LogP contribution in [0.4, 0.5) is 0 Å². The smallest absolute Gasteiger partial charge is 0.307 e. The standard InChI is InChI=1S/C11H21NO2S/c1-11(2,14-10(13)5-8-15)9-3-6-12-7-4-9/h9,12,15H,3-8H2,1-2H3/p+1. The molecule has 4 heteroatoms. The Kier molecular flexibility index (Phi) is 4.93. The number of carbonyl (C=O) groups is 1. The molecule has 1 saturated heterocycles. The van der Waals surface area contributed by atoms with Crippen molar-refractivity contribution in [3.63, 3.8) is 0 Å². The van der Waals surface area contributed by atoms with Gasteiger partial charge in [-0.25, -0.2) is 0 Å². The van der Waals surface area contributed by atoms with Crippen molar-refractivity contribution in [2.45, 2.75) is 38.7 Å². The van der Waals surface area contributed by atoms with Gasteiger partial charge in [-0.2, -0.15) is 12.6 Å². The lowest BCUT2D eigenvalue weighted by molar-refractivity contribution is -0.665. The van der Waals surface area contributed by atoms with Gasteiger partial charge in [0.15, 0.2) is 0 Å². The fourth-order valence-electron chi connectivity index (χ4n) is 2.14. The summed E-state index contributed by atoms with van der Waals surface area (Å²) in [6.07, 6.45) is 2.69. The third-order valence-electron chi connectivity index (χ3n) is 3.11. The zero-order chi connectivity index (χ0) is 11.3. The van der Waals surface area contributed by atoms with Gasteiger partial charge in [0.1, 0.15) is 5.60 Å². The Labute approximate surface area is 97.4 Å². The summed E-state index contributed by atoms with van der Waals surface area (Å²) < 4.78 is 5.52. The van der Waals surface area contributed by atoms with Gasteiger partial charge in [0.05, 0.1) is 19.5 Å². The van der Waals surface area contributed by atoms with Crippen molar-refractivity contribution in [2.75, 3.05) is 18.8 Å². The van der Waals surface area contributed by atoms with Crippen molar-refractivity contribution in [2.24, 2.45) is 5.92 Å². The van der Waals surface area contributed by atoms with Gasteiger partial charge in [0.2, 0.25) is 0 Å². The summed E-state index contributed by atoms with van der Waals surface area (Å²) in [6, 6.07) is 0. The largest absolute Gasteiger partial charge is 0.459 e. The van der Waals surface area contributed by atoms with Crippen molar-refractivity contribution in [3.8, 4) is 0 Å². The molecule has 3 nitrogen and oxygen atoms in total. The van der Waals surface area contributed by atoms with Gasteiger partial charge in [-0.05, 0) is 13.8 Å². The second-order valence-corrected chi connectivity index (χ2v) is 5.14. The van der Waals surface area contributed by atoms with Gasteiger partial charge in [0, 0.05) is 24.5 Å². The molecule has 1 aliphatic rings. The minimum atomic E-state index is -0.311. The highest BCUT2D eigenvalue weighted by Gasteiger charge is 2.34. The minimum Gasteiger partial charge on any atom is -0.459 e. The summed E-state index contributed by atoms with van der Waals surface area (Å²) in [5, 5.41) is 2.32. The van der Waals surface area contributed by atoms with Gasteiger partial charge in [0.25, 0.3) is 0 Å². The summed E-state index contributed by atoms with van der Waals surface area (Å²) in [5.41, 5.74) is -0.311. The SMILES string of the molecule is CC(C)(OC(=O)CCS)C1CC[NH2+]CC1. The van der Waals surface area contributed by atoms with Crippen LogP contribution in [0, 0.1) is 5.92 Å². The summed E-state index contributed by atoms with van der Waals surface area (Å²) in [6.45, 7) is 6.36. The summed E-state index contributed by atoms with van der Waals surface area (Å²) >= 11 is 4.03. The van der Waals surface area contributed by atoms with Gasteiger partial charge in [-0.15, -0.1) is 0 Å². The van der Waals surface area contributed by atoms with E-state index >= 15 is 0 Å². The molecule has 0 spiro atoms. The number of hydrogen-bond acceptors (Lipinski definition) is 3. The molecule has 0 unspecified atom stereocenters. The lowest BCUT2D eigenvalue weighted by Crippen LogP contribution is -2.86. The molecule has 2 N–H and O–H groups in total. The van der Waals surface area contributed by atoms with Gasteiger partial charge >= 0.3 is 5.97 Å². The molecular weight excluding hydrogens is 210 g/mol. The number of quaternary nitrogens is 1. The van der Waals surface area contributed by atoms with E-state index in [1.165, 1.54) is 0 Å². The highest BCUT2D eigenvalue weighted by molar-refractivity contribution is 7.80. The Bertz CT molecular complexity index is 213. The normalized spacial score (nSPS) is 18.9. The molecule has 1 aliphatic heterocycles. The molecule has 0 aromatic carbocycles. The maximum atomic E-state index is 11.4. The fraction of sp³-hybridized carbons (Fsp3) is 0.909. The lowest BCUT2D eigenvalue weighted by Gasteiger charge is -2.35. The van der Waals surface area contributed by atoms with Crippen LogP contribution in [0.3, 0.4) is 0 Å². The first-order valence-electron chi connectivity index (χ1n) is 5.70. The number of rotatable bonds is 4. The van der Waals surface area contributed by atoms with E-state index in [4.69, 9.17) is 4.74 Å². The van der Waals surface area contributed by atoms with Crippen molar-refractivity contribution < 1.29 is 14.8 Å². The van der Waals surface area contributed by atoms with Crippen molar-refractivity contribution >= 4 is 18.6 Å². The van der Waals surface area contributed by atoms with E-state index in [-0.39, 0.29) is 11.6 Å². The number of carbonyl (C=O) groups excluding carboxylic acids is 1. The van der Waals surface area contributed by atoms with Crippen LogP contribution in [-0.2, 0) is 9.53 Å². The second kappa shape index (κ2) is 5.75. The molecule has 0 aromatic heterocycles. The summed E-state index contributed by atoms with van der Waals surface area (Å²) in [7, 11) is 0. The number of piperidine rings is 1. The average Bonchev–Trinajstić information content (AvgIpc) is 2.18. The zero-order valence-corrected chi connectivity index (χ0v) is 10.6. The molecular formula is C11H22NO2S+. The molecule has 0 atom stereocenters. The average molecular weight is 232 g/mol. The first-order valence-corrected chi connectivity index (χ1v) is 6.34. The second-order valence-electron chi connectivity index (χ2n) is 4.69. The van der Waals surface area contributed by atoms with Crippen LogP contribution >= 0.6 is 12.6 Å². The van der Waals surface area contributed by atoms with Crippen LogP contribution in [-0.4, -0.2) is 30.4 Å². The highest BCUT2D eigenvalue weighted by atomic mass is 32.1. The fourth-order valence-corrected chi connectivity index (χ4v) is 2.32. The molecule has 0 radical (unpaired) electrons. The van der Waals surface area contributed by atoms with Crippen LogP contribution in [0.15, 0.2) is 0 Å². The third kappa shape index (κ3) is 4.03. The Morgan fingerprint density at radius 1 is 1.47 bits per heavy atom. The Hall–Kier alpha value is -0.220. The molecule has 0 aliphatic carbocycles. The van der Waals surface area contributed by atoms with E-state index in [0.717, 1.165) is 25.9 Å². The van der Waals surface area contributed by atoms with Gasteiger partial charge in [-0.3, -0.25) is 4.79 Å². The number of ether oxygens (including phenoxy) is 1. The van der Waals surface area contributed by atoms with Crippen LogP contribution in [0.2, 0.25) is 0 Å². The predicted molar refractivity (Wildman–Crippen MR) is 63.0 cm³/mol. The summed E-state index contributed by atoms with van der Waals surface area (Å²) in [5.74, 6) is 0.948. The number of esters is 1. The first kappa shape index (κ1) is 12.8. The van der Waals surface area contributed by atoms with Crippen LogP contribution in [0.5, 0.6) is 0 Å². The molecule has 1 fully saturated rings. The molecule has 88 valence electrons. The maximum absolute atomic E-state index is 11.4. The molecule has 0 aromatic rings. The molecule has 0 saturated carbocycles. The molecule has 0 bridgehead atoms. The van der Waals surface area contributed by atoms with Gasteiger partial charge in [-0.1, -0.05) is 0 Å². The van der Waals surface area contributed by atoms with E-state index in [0.29, 0.717) is 18.1 Å². The lowest BCUT2D eigenvalue weighted by atomic mass is 9.83. The number of nitrogens with two attached hydrogens (primary N) is 1. The quantitative estimate of drug-likeness (QED) is 0.551. The van der Waals surface area contributed by atoms with Crippen molar-refractivity contribution in [1.82, 2.24) is 0 Å². The predicted octanol–water partition coefficient (Wildman–Crippen LogP) is 0.602. The zero-order valence-electron chi connectivity index (χ0n) is 9.66. The Morgan fingerprint density at radius 3 is 2.60 bits per heavy atom. The van der Waals surface area contributed by atoms with E-state index in [1.54, 1.807) is 0 Å². The minimum absolute atomic E-state index is 0.121. The van der Waals surface area contributed by atoms with E-state index in [2.05, 4.69) is 17.9 Å². The molecule has 1 heterocycles. The first-order chi connectivity index (χ1) is 7.06. The highest BCUT2D eigenvalue weighted by Crippen LogP contribution is 2.28. The number of hydrogen-bond donors (Lipinski definition) is 2. The maximum Gasteiger partial charge on any atom is 0.307 e. The Morgan fingerprint density at radius 2 is 2.07 bits per heavy atom. The number of thiol groups is 1. The van der Waals surface area contributed by atoms with Crippen LogP contribution in [0.1, 0.15) is 33.1 Å². The van der Waals surface area contributed by atoms with Crippen LogP contribution in [0.25, 0.3) is 0 Å². The summed E-state index contributed by atoms with van der Waals surface area (Å²) in [4.78, 5) is 11.4. The van der Waals surface area contributed by atoms with E-state index in [1.807, 2.05) is 13.8 Å². The van der Waals surface area contributed by atoms with Crippen LogP contribution < -0.4 is 5.32 Å². The molecule has 15 heavy (non-hydrogen) atoms. The van der Waals surface area contributed by atoms with E-state index < -0.39 is 0 Å². The van der Waals surface area contributed by atoms with Gasteiger partial charge < -0.3 is 10.1 Å². The van der Waals surface area contributed by atoms with Crippen molar-refractivity contribution in [1.29, 1.82) is 0 Å². The monoisotopic (exact) mass is 232 g/mol. The molecule has 1 rings (SSSR count). The third-order valence-corrected chi connectivity index (χ3v) is 3.34.